The number of aliphatic imine (C=N–C) groups is 1. The number of benzene rings is 1. The van der Waals surface area contributed by atoms with Crippen LogP contribution >= 0.6 is 24.0 Å². The molecule has 1 unspecified atom stereocenters. The van der Waals surface area contributed by atoms with Gasteiger partial charge in [0.05, 0.1) is 19.3 Å². The monoisotopic (exact) mass is 548 g/mol. The molecule has 3 aromatic rings. The second-order valence-electron chi connectivity index (χ2n) is 7.40. The molecule has 0 amide bonds. The molecule has 4 rings (SSSR count). The first-order chi connectivity index (χ1) is 15.2. The van der Waals surface area contributed by atoms with E-state index in [-0.39, 0.29) is 30.1 Å². The number of pyridine rings is 1. The fourth-order valence-corrected chi connectivity index (χ4v) is 3.57. The summed E-state index contributed by atoms with van der Waals surface area (Å²) >= 11 is 0. The van der Waals surface area contributed by atoms with Crippen molar-refractivity contribution in [1.29, 1.82) is 0 Å². The zero-order chi connectivity index (χ0) is 21.5. The molecule has 0 bridgehead atoms. The highest BCUT2D eigenvalue weighted by Crippen LogP contribution is 2.22. The number of rotatable bonds is 6. The second-order valence-corrected chi connectivity index (χ2v) is 7.40. The summed E-state index contributed by atoms with van der Waals surface area (Å²) in [7, 11) is 3.71. The minimum absolute atomic E-state index is 0. The Morgan fingerprint density at radius 2 is 2.09 bits per heavy atom. The summed E-state index contributed by atoms with van der Waals surface area (Å²) in [6.07, 6.45) is 5.58. The average Bonchev–Trinajstić information content (AvgIpc) is 3.26. The zero-order valence-electron chi connectivity index (χ0n) is 18.3. The molecular formula is C23H29IN6O2. The molecule has 1 N–H and O–H groups in total. The summed E-state index contributed by atoms with van der Waals surface area (Å²) in [5.41, 5.74) is 3.17. The maximum atomic E-state index is 5.98. The highest BCUT2D eigenvalue weighted by molar-refractivity contribution is 14.0. The molecule has 8 nitrogen and oxygen atoms in total. The molecule has 1 aromatic carbocycles. The van der Waals surface area contributed by atoms with Gasteiger partial charge in [-0.15, -0.1) is 24.0 Å². The smallest absolute Gasteiger partial charge is 0.218 e. The predicted molar refractivity (Wildman–Crippen MR) is 134 cm³/mol. The fraction of sp³-hybridized carbons (Fsp3) is 0.348. The first-order valence-corrected chi connectivity index (χ1v) is 10.4. The molecule has 0 spiro atoms. The summed E-state index contributed by atoms with van der Waals surface area (Å²) in [4.78, 5) is 11.1. The van der Waals surface area contributed by atoms with Crippen molar-refractivity contribution in [3.63, 3.8) is 0 Å². The summed E-state index contributed by atoms with van der Waals surface area (Å²) < 4.78 is 13.7. The van der Waals surface area contributed by atoms with Crippen molar-refractivity contribution < 1.29 is 9.47 Å². The van der Waals surface area contributed by atoms with Gasteiger partial charge in [-0.1, -0.05) is 36.4 Å². The van der Waals surface area contributed by atoms with Crippen LogP contribution in [0.15, 0.2) is 66.0 Å². The quantitative estimate of drug-likeness (QED) is 0.290. The van der Waals surface area contributed by atoms with Crippen LogP contribution in [0, 0.1) is 0 Å². The third kappa shape index (κ3) is 6.19. The number of halogens is 1. The fourth-order valence-electron chi connectivity index (χ4n) is 3.57. The van der Waals surface area contributed by atoms with Gasteiger partial charge in [-0.25, -0.2) is 4.98 Å². The lowest BCUT2D eigenvalue weighted by Crippen LogP contribution is -2.47. The van der Waals surface area contributed by atoms with Crippen molar-refractivity contribution in [2.45, 2.75) is 19.3 Å². The maximum absolute atomic E-state index is 5.98. The Labute approximate surface area is 205 Å². The third-order valence-corrected chi connectivity index (χ3v) is 5.18. The van der Waals surface area contributed by atoms with Crippen molar-refractivity contribution in [3.8, 4) is 5.88 Å². The van der Waals surface area contributed by atoms with E-state index in [0.29, 0.717) is 25.6 Å². The standard InChI is InChI=1S/C23H28N6O2.HI/c1-24-23(29-11-12-30-21(16-29)20-14-27-28(2)15-20)26-13-19-9-6-10-25-22(19)31-17-18-7-4-3-5-8-18;/h3-10,14-15,21H,11-13,16-17H2,1-2H3,(H,24,26);1H. The summed E-state index contributed by atoms with van der Waals surface area (Å²) in [6.45, 7) is 3.19. The lowest BCUT2D eigenvalue weighted by molar-refractivity contribution is -0.00805. The van der Waals surface area contributed by atoms with E-state index in [9.17, 15) is 0 Å². The van der Waals surface area contributed by atoms with Crippen molar-refractivity contribution in [2.75, 3.05) is 26.7 Å². The van der Waals surface area contributed by atoms with E-state index in [1.54, 1.807) is 17.9 Å². The number of morpholine rings is 1. The molecule has 1 fully saturated rings. The Morgan fingerprint density at radius 3 is 2.84 bits per heavy atom. The Bertz CT molecular complexity index is 1010. The number of nitrogens with one attached hydrogen (secondary N) is 1. The molecule has 0 radical (unpaired) electrons. The molecule has 2 aromatic heterocycles. The van der Waals surface area contributed by atoms with Gasteiger partial charge in [0.25, 0.3) is 0 Å². The highest BCUT2D eigenvalue weighted by Gasteiger charge is 2.25. The van der Waals surface area contributed by atoms with E-state index in [1.165, 1.54) is 0 Å². The topological polar surface area (TPSA) is 76.8 Å². The molecule has 32 heavy (non-hydrogen) atoms. The van der Waals surface area contributed by atoms with E-state index < -0.39 is 0 Å². The van der Waals surface area contributed by atoms with Gasteiger partial charge in [-0.3, -0.25) is 9.67 Å². The molecule has 3 heterocycles. The largest absolute Gasteiger partial charge is 0.473 e. The van der Waals surface area contributed by atoms with Gasteiger partial charge in [0, 0.05) is 50.7 Å². The van der Waals surface area contributed by atoms with Crippen LogP contribution in [0.3, 0.4) is 0 Å². The van der Waals surface area contributed by atoms with E-state index in [4.69, 9.17) is 9.47 Å². The van der Waals surface area contributed by atoms with Crippen LogP contribution in [0.1, 0.15) is 22.8 Å². The molecule has 1 saturated heterocycles. The number of nitrogens with zero attached hydrogens (tertiary/aromatic N) is 5. The molecular weight excluding hydrogens is 519 g/mol. The predicted octanol–water partition coefficient (Wildman–Crippen LogP) is 3.16. The van der Waals surface area contributed by atoms with Crippen LogP contribution in [0.4, 0.5) is 0 Å². The van der Waals surface area contributed by atoms with E-state index >= 15 is 0 Å². The van der Waals surface area contributed by atoms with Gasteiger partial charge in [-0.05, 0) is 11.6 Å². The van der Waals surface area contributed by atoms with E-state index in [1.807, 2.05) is 61.9 Å². The minimum Gasteiger partial charge on any atom is -0.473 e. The van der Waals surface area contributed by atoms with Crippen LogP contribution in [-0.4, -0.2) is 52.4 Å². The Balaban J connectivity index is 0.00000289. The Hall–Kier alpha value is -2.66. The molecule has 9 heteroatoms. The molecule has 0 aliphatic carbocycles. The van der Waals surface area contributed by atoms with Gasteiger partial charge in [0.2, 0.25) is 5.88 Å². The van der Waals surface area contributed by atoms with Crippen LogP contribution in [0.25, 0.3) is 0 Å². The third-order valence-electron chi connectivity index (χ3n) is 5.18. The SMILES string of the molecule is CN=C(NCc1cccnc1OCc1ccccc1)N1CCOC(c2cnn(C)c2)C1.I. The van der Waals surface area contributed by atoms with Crippen molar-refractivity contribution in [2.24, 2.45) is 12.0 Å². The average molecular weight is 548 g/mol. The molecule has 1 aliphatic rings. The van der Waals surface area contributed by atoms with Gasteiger partial charge in [-0.2, -0.15) is 5.10 Å². The first kappa shape index (κ1) is 24.0. The second kappa shape index (κ2) is 11.8. The van der Waals surface area contributed by atoms with Gasteiger partial charge < -0.3 is 19.7 Å². The van der Waals surface area contributed by atoms with Gasteiger partial charge >= 0.3 is 0 Å². The van der Waals surface area contributed by atoms with Crippen LogP contribution < -0.4 is 10.1 Å². The minimum atomic E-state index is -0.0239. The summed E-state index contributed by atoms with van der Waals surface area (Å²) in [5, 5.41) is 7.71. The van der Waals surface area contributed by atoms with Gasteiger partial charge in [0.15, 0.2) is 5.96 Å². The van der Waals surface area contributed by atoms with Crippen molar-refractivity contribution >= 4 is 29.9 Å². The molecule has 1 atom stereocenters. The summed E-state index contributed by atoms with van der Waals surface area (Å²) in [6, 6.07) is 14.0. The number of aromatic nitrogens is 3. The molecule has 1 aliphatic heterocycles. The molecule has 170 valence electrons. The first-order valence-electron chi connectivity index (χ1n) is 10.4. The van der Waals surface area contributed by atoms with Crippen LogP contribution in [0.5, 0.6) is 5.88 Å². The number of aryl methyl sites for hydroxylation is 1. The van der Waals surface area contributed by atoms with Crippen molar-refractivity contribution in [1.82, 2.24) is 25.0 Å². The highest BCUT2D eigenvalue weighted by atomic mass is 127. The number of guanidine groups is 1. The zero-order valence-corrected chi connectivity index (χ0v) is 20.7. The maximum Gasteiger partial charge on any atom is 0.218 e. The normalized spacial score (nSPS) is 16.4. The van der Waals surface area contributed by atoms with Crippen molar-refractivity contribution in [3.05, 3.63) is 77.7 Å². The van der Waals surface area contributed by atoms with Crippen LogP contribution in [0.2, 0.25) is 0 Å². The lowest BCUT2D eigenvalue weighted by Gasteiger charge is -2.34. The van der Waals surface area contributed by atoms with E-state index in [2.05, 4.69) is 25.3 Å². The lowest BCUT2D eigenvalue weighted by atomic mass is 10.1. The summed E-state index contributed by atoms with van der Waals surface area (Å²) in [5.74, 6) is 1.46. The van der Waals surface area contributed by atoms with Gasteiger partial charge in [0.1, 0.15) is 12.7 Å². The number of hydrogen-bond acceptors (Lipinski definition) is 5. The van der Waals surface area contributed by atoms with E-state index in [0.717, 1.165) is 35.7 Å². The number of ether oxygens (including phenoxy) is 2. The molecule has 0 saturated carbocycles. The van der Waals surface area contributed by atoms with Crippen LogP contribution in [-0.2, 0) is 24.9 Å². The Morgan fingerprint density at radius 1 is 1.25 bits per heavy atom. The number of hydrogen-bond donors (Lipinski definition) is 1. The Kier molecular flexibility index (Phi) is 8.86.